The van der Waals surface area contributed by atoms with Crippen LogP contribution in [0.15, 0.2) is 46.2 Å². The van der Waals surface area contributed by atoms with Gasteiger partial charge in [0.2, 0.25) is 0 Å². The van der Waals surface area contributed by atoms with Gasteiger partial charge in [-0.2, -0.15) is 5.10 Å². The van der Waals surface area contributed by atoms with Crippen LogP contribution in [0, 0.1) is 0 Å². The highest BCUT2D eigenvalue weighted by molar-refractivity contribution is 5.38. The van der Waals surface area contributed by atoms with Gasteiger partial charge in [-0.15, -0.1) is 0 Å². The molecule has 2 heterocycles. The van der Waals surface area contributed by atoms with E-state index in [0.717, 1.165) is 18.7 Å². The Bertz CT molecular complexity index is 675. The van der Waals surface area contributed by atoms with E-state index in [4.69, 9.17) is 0 Å². The number of anilines is 1. The Hall–Kier alpha value is -2.37. The van der Waals surface area contributed by atoms with E-state index in [1.54, 1.807) is 29.1 Å². The van der Waals surface area contributed by atoms with Crippen molar-refractivity contribution in [1.82, 2.24) is 14.3 Å². The van der Waals surface area contributed by atoms with Gasteiger partial charge in [-0.3, -0.25) is 9.59 Å². The number of aromatic nitrogens is 3. The second-order valence-electron chi connectivity index (χ2n) is 4.46. The monoisotopic (exact) mass is 274 g/mol. The molecular formula is C14H18N4O2. The zero-order valence-corrected chi connectivity index (χ0v) is 11.5. The van der Waals surface area contributed by atoms with Gasteiger partial charge in [0.1, 0.15) is 0 Å². The third-order valence-corrected chi connectivity index (χ3v) is 2.90. The lowest BCUT2D eigenvalue weighted by Crippen LogP contribution is -2.27. The third-order valence-electron chi connectivity index (χ3n) is 2.90. The highest BCUT2D eigenvalue weighted by atomic mass is 16.1. The van der Waals surface area contributed by atoms with Crippen LogP contribution in [-0.4, -0.2) is 20.9 Å². The van der Waals surface area contributed by atoms with Gasteiger partial charge in [-0.25, -0.2) is 4.68 Å². The second kappa shape index (κ2) is 6.70. The van der Waals surface area contributed by atoms with Gasteiger partial charge >= 0.3 is 0 Å². The number of aryl methyl sites for hydroxylation is 2. The Labute approximate surface area is 116 Å². The van der Waals surface area contributed by atoms with Gasteiger partial charge in [0.25, 0.3) is 11.1 Å². The lowest BCUT2D eigenvalue weighted by atomic mass is 10.4. The molecule has 0 radical (unpaired) electrons. The number of hydrogen-bond acceptors (Lipinski definition) is 4. The molecule has 0 atom stereocenters. The summed E-state index contributed by atoms with van der Waals surface area (Å²) in [5.74, 6) is 0. The van der Waals surface area contributed by atoms with E-state index in [9.17, 15) is 9.59 Å². The first-order chi connectivity index (χ1) is 9.70. The van der Waals surface area contributed by atoms with Crippen LogP contribution in [0.4, 0.5) is 5.69 Å². The SMILES string of the molecule is CCCNc1cnn(CCn2ccccc2=O)c(=O)c1. The average molecular weight is 274 g/mol. The zero-order valence-electron chi connectivity index (χ0n) is 11.5. The maximum Gasteiger partial charge on any atom is 0.268 e. The summed E-state index contributed by atoms with van der Waals surface area (Å²) in [6.07, 6.45) is 4.31. The predicted octanol–water partition coefficient (Wildman–Crippen LogP) is 0.927. The Morgan fingerprint density at radius 3 is 2.75 bits per heavy atom. The van der Waals surface area contributed by atoms with Crippen molar-refractivity contribution in [3.05, 3.63) is 57.4 Å². The molecule has 20 heavy (non-hydrogen) atoms. The van der Waals surface area contributed by atoms with Crippen molar-refractivity contribution in [2.75, 3.05) is 11.9 Å². The standard InChI is InChI=1S/C14H18N4O2/c1-2-6-15-12-10-14(20)18(16-11-12)9-8-17-7-4-3-5-13(17)19/h3-5,7,10-11,15H,2,6,8-9H2,1H3. The molecule has 0 saturated carbocycles. The number of nitrogens with one attached hydrogen (secondary N) is 1. The summed E-state index contributed by atoms with van der Waals surface area (Å²) in [6.45, 7) is 3.66. The highest BCUT2D eigenvalue weighted by Crippen LogP contribution is 1.99. The molecule has 6 nitrogen and oxygen atoms in total. The Morgan fingerprint density at radius 1 is 1.20 bits per heavy atom. The minimum absolute atomic E-state index is 0.0817. The van der Waals surface area contributed by atoms with Gasteiger partial charge in [0.15, 0.2) is 0 Å². The lowest BCUT2D eigenvalue weighted by molar-refractivity contribution is 0.503. The maximum atomic E-state index is 11.9. The summed E-state index contributed by atoms with van der Waals surface area (Å²) in [5, 5.41) is 7.22. The van der Waals surface area contributed by atoms with Crippen LogP contribution in [0.5, 0.6) is 0 Å². The van der Waals surface area contributed by atoms with Crippen LogP contribution in [0.2, 0.25) is 0 Å². The van der Waals surface area contributed by atoms with Gasteiger partial charge in [-0.1, -0.05) is 13.0 Å². The summed E-state index contributed by atoms with van der Waals surface area (Å²) in [5.41, 5.74) is 0.474. The topological polar surface area (TPSA) is 68.9 Å². The molecular weight excluding hydrogens is 256 g/mol. The normalized spacial score (nSPS) is 10.4. The molecule has 1 N–H and O–H groups in total. The first-order valence-electron chi connectivity index (χ1n) is 6.67. The molecule has 2 rings (SSSR count). The van der Waals surface area contributed by atoms with E-state index in [1.165, 1.54) is 16.8 Å². The lowest BCUT2D eigenvalue weighted by Gasteiger charge is -2.08. The predicted molar refractivity (Wildman–Crippen MR) is 78.0 cm³/mol. The summed E-state index contributed by atoms with van der Waals surface area (Å²) < 4.78 is 2.91. The summed E-state index contributed by atoms with van der Waals surface area (Å²) >= 11 is 0. The van der Waals surface area contributed by atoms with Crippen molar-refractivity contribution in [2.45, 2.75) is 26.4 Å². The van der Waals surface area contributed by atoms with E-state index in [1.807, 2.05) is 0 Å². The van der Waals surface area contributed by atoms with Crippen LogP contribution in [0.3, 0.4) is 0 Å². The van der Waals surface area contributed by atoms with Gasteiger partial charge in [0.05, 0.1) is 18.4 Å². The van der Waals surface area contributed by atoms with Crippen LogP contribution >= 0.6 is 0 Å². The molecule has 0 unspecified atom stereocenters. The van der Waals surface area contributed by atoms with Crippen LogP contribution in [0.1, 0.15) is 13.3 Å². The largest absolute Gasteiger partial charge is 0.384 e. The highest BCUT2D eigenvalue weighted by Gasteiger charge is 2.01. The Balaban J connectivity index is 2.05. The molecule has 0 aliphatic heterocycles. The van der Waals surface area contributed by atoms with Crippen molar-refractivity contribution in [2.24, 2.45) is 0 Å². The van der Waals surface area contributed by atoms with Gasteiger partial charge < -0.3 is 9.88 Å². The van der Waals surface area contributed by atoms with E-state index in [0.29, 0.717) is 13.1 Å². The molecule has 0 spiro atoms. The van der Waals surface area contributed by atoms with E-state index >= 15 is 0 Å². The number of pyridine rings is 1. The molecule has 2 aromatic heterocycles. The molecule has 0 aromatic carbocycles. The molecule has 0 amide bonds. The van der Waals surface area contributed by atoms with Crippen molar-refractivity contribution < 1.29 is 0 Å². The Kier molecular flexibility index (Phi) is 4.70. The molecule has 0 bridgehead atoms. The third kappa shape index (κ3) is 3.57. The van der Waals surface area contributed by atoms with Crippen LogP contribution < -0.4 is 16.4 Å². The quantitative estimate of drug-likeness (QED) is 0.850. The van der Waals surface area contributed by atoms with Crippen molar-refractivity contribution in [3.63, 3.8) is 0 Å². The van der Waals surface area contributed by atoms with E-state index in [2.05, 4.69) is 17.3 Å². The summed E-state index contributed by atoms with van der Waals surface area (Å²) in [6, 6.07) is 6.50. The van der Waals surface area contributed by atoms with Gasteiger partial charge in [0, 0.05) is 31.4 Å². The molecule has 6 heteroatoms. The number of nitrogens with zero attached hydrogens (tertiary/aromatic N) is 3. The van der Waals surface area contributed by atoms with Crippen molar-refractivity contribution in [3.8, 4) is 0 Å². The first-order valence-corrected chi connectivity index (χ1v) is 6.67. The molecule has 0 fully saturated rings. The van der Waals surface area contributed by atoms with Crippen LogP contribution in [0.25, 0.3) is 0 Å². The number of rotatable bonds is 6. The second-order valence-corrected chi connectivity index (χ2v) is 4.46. The van der Waals surface area contributed by atoms with Crippen molar-refractivity contribution in [1.29, 1.82) is 0 Å². The van der Waals surface area contributed by atoms with Crippen molar-refractivity contribution >= 4 is 5.69 Å². The minimum atomic E-state index is -0.171. The Morgan fingerprint density at radius 2 is 2.05 bits per heavy atom. The van der Waals surface area contributed by atoms with Crippen LogP contribution in [-0.2, 0) is 13.1 Å². The molecule has 0 saturated heterocycles. The summed E-state index contributed by atoms with van der Waals surface area (Å²) in [7, 11) is 0. The maximum absolute atomic E-state index is 11.9. The molecule has 0 aliphatic rings. The zero-order chi connectivity index (χ0) is 14.4. The molecule has 2 aromatic rings. The smallest absolute Gasteiger partial charge is 0.268 e. The molecule has 0 aliphatic carbocycles. The summed E-state index contributed by atoms with van der Waals surface area (Å²) in [4.78, 5) is 23.4. The molecule has 106 valence electrons. The van der Waals surface area contributed by atoms with E-state index in [-0.39, 0.29) is 11.1 Å². The fourth-order valence-electron chi connectivity index (χ4n) is 1.82. The fourth-order valence-corrected chi connectivity index (χ4v) is 1.82. The minimum Gasteiger partial charge on any atom is -0.384 e. The fraction of sp³-hybridized carbons (Fsp3) is 0.357. The number of hydrogen-bond donors (Lipinski definition) is 1. The average Bonchev–Trinajstić information content (AvgIpc) is 2.45. The van der Waals surface area contributed by atoms with Gasteiger partial charge in [-0.05, 0) is 12.5 Å². The first kappa shape index (κ1) is 14.0. The van der Waals surface area contributed by atoms with E-state index < -0.39 is 0 Å².